The van der Waals surface area contributed by atoms with Gasteiger partial charge < -0.3 is 10.4 Å². The zero-order chi connectivity index (χ0) is 18.0. The van der Waals surface area contributed by atoms with Gasteiger partial charge >= 0.3 is 5.97 Å². The molecule has 2 heterocycles. The number of carboxylic acid groups (broad SMARTS) is 1. The second-order valence-corrected chi connectivity index (χ2v) is 6.26. The smallest absolute Gasteiger partial charge is 0.339 e. The topological polar surface area (TPSA) is 122 Å². The van der Waals surface area contributed by atoms with Crippen molar-refractivity contribution < 1.29 is 19.6 Å². The molecule has 2 aromatic heterocycles. The second kappa shape index (κ2) is 6.75. The zero-order valence-electron chi connectivity index (χ0n) is 13.2. The number of nitrogens with zero attached hydrogens (tertiary/aromatic N) is 2. The quantitative estimate of drug-likeness (QED) is 0.631. The van der Waals surface area contributed by atoms with Crippen LogP contribution >= 0.6 is 11.3 Å². The summed E-state index contributed by atoms with van der Waals surface area (Å²) in [6.07, 6.45) is 1.59. The summed E-state index contributed by atoms with van der Waals surface area (Å²) in [6.45, 7) is 5.17. The molecule has 0 saturated heterocycles. The lowest BCUT2D eigenvalue weighted by Crippen LogP contribution is -2.16. The number of thiophene rings is 1. The molecule has 0 radical (unpaired) electrons. The van der Waals surface area contributed by atoms with Gasteiger partial charge in [-0.15, -0.1) is 11.3 Å². The van der Waals surface area contributed by atoms with Crippen LogP contribution in [0, 0.1) is 24.0 Å². The Morgan fingerprint density at radius 2 is 2.08 bits per heavy atom. The zero-order valence-corrected chi connectivity index (χ0v) is 14.1. The number of anilines is 1. The molecule has 24 heavy (non-hydrogen) atoms. The standard InChI is InChI=1S/C15H15N3O5S/c1-4-10-8(3)24-14(12(10)15(20)21)17-13(19)11-5-9(18(22)23)6-16-7(11)2/h5-6H,4H2,1-3H3,(H,17,19)(H,20,21). The molecule has 0 bridgehead atoms. The molecule has 0 aliphatic rings. The lowest BCUT2D eigenvalue weighted by atomic mass is 10.1. The van der Waals surface area contributed by atoms with Crippen LogP contribution in [0.5, 0.6) is 0 Å². The number of carbonyl (C=O) groups is 2. The predicted octanol–water partition coefficient (Wildman–Crippen LogP) is 3.18. The third-order valence-corrected chi connectivity index (χ3v) is 4.59. The average Bonchev–Trinajstić information content (AvgIpc) is 2.82. The monoisotopic (exact) mass is 349 g/mol. The van der Waals surface area contributed by atoms with Crippen LogP contribution in [-0.4, -0.2) is 26.9 Å². The number of pyridine rings is 1. The molecule has 0 atom stereocenters. The average molecular weight is 349 g/mol. The van der Waals surface area contributed by atoms with E-state index in [1.54, 1.807) is 13.8 Å². The van der Waals surface area contributed by atoms with Crippen LogP contribution in [0.2, 0.25) is 0 Å². The Morgan fingerprint density at radius 3 is 2.62 bits per heavy atom. The highest BCUT2D eigenvalue weighted by Crippen LogP contribution is 2.34. The van der Waals surface area contributed by atoms with E-state index in [1.165, 1.54) is 11.3 Å². The van der Waals surface area contributed by atoms with E-state index in [2.05, 4.69) is 10.3 Å². The Bertz CT molecular complexity index is 844. The number of rotatable bonds is 5. The van der Waals surface area contributed by atoms with E-state index in [0.717, 1.165) is 17.1 Å². The van der Waals surface area contributed by atoms with Crippen molar-refractivity contribution in [2.45, 2.75) is 27.2 Å². The Balaban J connectivity index is 2.43. The molecular formula is C15H15N3O5S. The van der Waals surface area contributed by atoms with Gasteiger partial charge in [0.2, 0.25) is 0 Å². The molecule has 126 valence electrons. The molecule has 0 unspecified atom stereocenters. The fourth-order valence-electron chi connectivity index (χ4n) is 2.34. The van der Waals surface area contributed by atoms with Crippen LogP contribution in [0.15, 0.2) is 12.3 Å². The van der Waals surface area contributed by atoms with Gasteiger partial charge in [-0.3, -0.25) is 19.9 Å². The fourth-order valence-corrected chi connectivity index (χ4v) is 3.47. The van der Waals surface area contributed by atoms with Crippen molar-refractivity contribution >= 4 is 33.9 Å². The number of carbonyl (C=O) groups excluding carboxylic acids is 1. The van der Waals surface area contributed by atoms with E-state index >= 15 is 0 Å². The SMILES string of the molecule is CCc1c(C)sc(NC(=O)c2cc([N+](=O)[O-])cnc2C)c1C(=O)O. The second-order valence-electron chi connectivity index (χ2n) is 5.04. The van der Waals surface area contributed by atoms with E-state index in [1.807, 2.05) is 6.92 Å². The highest BCUT2D eigenvalue weighted by molar-refractivity contribution is 7.16. The number of nitrogens with one attached hydrogen (secondary N) is 1. The van der Waals surface area contributed by atoms with E-state index in [9.17, 15) is 24.8 Å². The number of nitro groups is 1. The van der Waals surface area contributed by atoms with Gasteiger partial charge in [-0.25, -0.2) is 4.79 Å². The number of aromatic carboxylic acids is 1. The molecule has 9 heteroatoms. The van der Waals surface area contributed by atoms with Crippen LogP contribution in [0.1, 0.15) is 43.8 Å². The Morgan fingerprint density at radius 1 is 1.42 bits per heavy atom. The minimum atomic E-state index is -1.12. The number of carboxylic acids is 1. The van der Waals surface area contributed by atoms with Crippen LogP contribution in [0.3, 0.4) is 0 Å². The first-order valence-electron chi connectivity index (χ1n) is 7.04. The fraction of sp³-hybridized carbons (Fsp3) is 0.267. The van der Waals surface area contributed by atoms with Crippen molar-refractivity contribution in [2.75, 3.05) is 5.32 Å². The number of aromatic nitrogens is 1. The molecule has 0 aliphatic heterocycles. The van der Waals surface area contributed by atoms with E-state index in [0.29, 0.717) is 17.7 Å². The first-order valence-corrected chi connectivity index (χ1v) is 7.85. The van der Waals surface area contributed by atoms with Gasteiger partial charge in [0.25, 0.3) is 11.6 Å². The minimum absolute atomic E-state index is 0.0321. The maximum atomic E-state index is 12.4. The number of hydrogen-bond donors (Lipinski definition) is 2. The van der Waals surface area contributed by atoms with Gasteiger partial charge in [0, 0.05) is 10.9 Å². The summed E-state index contributed by atoms with van der Waals surface area (Å²) in [5.74, 6) is -1.75. The molecule has 0 saturated carbocycles. The van der Waals surface area contributed by atoms with Gasteiger partial charge in [-0.05, 0) is 25.8 Å². The highest BCUT2D eigenvalue weighted by Gasteiger charge is 2.23. The summed E-state index contributed by atoms with van der Waals surface area (Å²) in [7, 11) is 0. The van der Waals surface area contributed by atoms with Gasteiger partial charge in [0.05, 0.1) is 21.7 Å². The van der Waals surface area contributed by atoms with Crippen molar-refractivity contribution in [2.24, 2.45) is 0 Å². The van der Waals surface area contributed by atoms with Crippen molar-refractivity contribution in [3.63, 3.8) is 0 Å². The molecule has 0 spiro atoms. The molecule has 2 N–H and O–H groups in total. The maximum absolute atomic E-state index is 12.4. The molecule has 2 aromatic rings. The summed E-state index contributed by atoms with van der Waals surface area (Å²) < 4.78 is 0. The third-order valence-electron chi connectivity index (χ3n) is 3.53. The maximum Gasteiger partial charge on any atom is 0.339 e. The largest absolute Gasteiger partial charge is 0.478 e. The van der Waals surface area contributed by atoms with Crippen LogP contribution in [-0.2, 0) is 6.42 Å². The normalized spacial score (nSPS) is 10.5. The van der Waals surface area contributed by atoms with E-state index in [-0.39, 0.29) is 21.8 Å². The summed E-state index contributed by atoms with van der Waals surface area (Å²) in [5, 5.41) is 23.0. The predicted molar refractivity (Wildman–Crippen MR) is 89.0 cm³/mol. The van der Waals surface area contributed by atoms with Crippen LogP contribution in [0.25, 0.3) is 0 Å². The summed E-state index contributed by atoms with van der Waals surface area (Å²) >= 11 is 1.17. The van der Waals surface area contributed by atoms with Crippen LogP contribution in [0.4, 0.5) is 10.7 Å². The van der Waals surface area contributed by atoms with Crippen molar-refractivity contribution in [3.8, 4) is 0 Å². The van der Waals surface area contributed by atoms with Gasteiger partial charge in [-0.1, -0.05) is 6.92 Å². The van der Waals surface area contributed by atoms with Gasteiger partial charge in [-0.2, -0.15) is 0 Å². The molecular weight excluding hydrogens is 334 g/mol. The van der Waals surface area contributed by atoms with Crippen molar-refractivity contribution in [3.05, 3.63) is 49.6 Å². The summed E-state index contributed by atoms with van der Waals surface area (Å²) in [4.78, 5) is 38.8. The Labute approximate surface area is 141 Å². The summed E-state index contributed by atoms with van der Waals surface area (Å²) in [6, 6.07) is 1.12. The van der Waals surface area contributed by atoms with E-state index in [4.69, 9.17) is 0 Å². The Hall–Kier alpha value is -2.81. The minimum Gasteiger partial charge on any atom is -0.478 e. The number of amides is 1. The highest BCUT2D eigenvalue weighted by atomic mass is 32.1. The van der Waals surface area contributed by atoms with Crippen LogP contribution < -0.4 is 5.32 Å². The van der Waals surface area contributed by atoms with Gasteiger partial charge in [0.15, 0.2) is 0 Å². The number of hydrogen-bond acceptors (Lipinski definition) is 6. The number of aryl methyl sites for hydroxylation is 2. The molecule has 0 aliphatic carbocycles. The lowest BCUT2D eigenvalue weighted by Gasteiger charge is -2.07. The van der Waals surface area contributed by atoms with Crippen molar-refractivity contribution in [1.82, 2.24) is 4.98 Å². The molecule has 0 aromatic carbocycles. The van der Waals surface area contributed by atoms with Gasteiger partial charge in [0.1, 0.15) is 11.2 Å². The summed E-state index contributed by atoms with van der Waals surface area (Å²) in [5.41, 5.74) is 0.769. The van der Waals surface area contributed by atoms with E-state index < -0.39 is 16.8 Å². The first-order chi connectivity index (χ1) is 11.3. The molecule has 2 rings (SSSR count). The first kappa shape index (κ1) is 17.5. The van der Waals surface area contributed by atoms with Crippen molar-refractivity contribution in [1.29, 1.82) is 0 Å². The Kier molecular flexibility index (Phi) is 4.93. The molecule has 8 nitrogen and oxygen atoms in total. The molecule has 0 fully saturated rings. The lowest BCUT2D eigenvalue weighted by molar-refractivity contribution is -0.385. The third kappa shape index (κ3) is 3.25. The molecule has 1 amide bonds.